The number of rotatable bonds is 2. The van der Waals surface area contributed by atoms with Gasteiger partial charge in [-0.3, -0.25) is 4.58 Å². The Morgan fingerprint density at radius 1 is 1.00 bits per heavy atom. The normalized spacial score (nSPS) is 24.1. The molecule has 1 N–H and O–H groups in total. The van der Waals surface area contributed by atoms with E-state index in [1.807, 2.05) is 42.5 Å². The van der Waals surface area contributed by atoms with E-state index in [-0.39, 0.29) is 6.79 Å². The average Bonchev–Trinajstić information content (AvgIpc) is 3.17. The molecule has 2 aromatic rings. The molecule has 3 heterocycles. The zero-order chi connectivity index (χ0) is 18.4. The van der Waals surface area contributed by atoms with E-state index in [4.69, 9.17) is 9.47 Å². The number of halogens is 1. The molecule has 0 unspecified atom stereocenters. The Bertz CT molecular complexity index is 912. The standard InChI is InChI=1S/C21H22BrN2O3/c22-16-7-5-15(6-8-16)21(25)13-23-11-3-1-2-4-20(23)24(21)17-9-10-18-19(12-17)27-14-26-18/h5-10,12,25H,1-4,11,13-14H2/q+1/t21-/m0/s1. The van der Waals surface area contributed by atoms with E-state index in [1.54, 1.807) is 0 Å². The lowest BCUT2D eigenvalue weighted by Gasteiger charge is -2.29. The maximum atomic E-state index is 11.9. The lowest BCUT2D eigenvalue weighted by Crippen LogP contribution is -2.47. The summed E-state index contributed by atoms with van der Waals surface area (Å²) in [6, 6.07) is 13.9. The fourth-order valence-corrected chi connectivity index (χ4v) is 4.61. The summed E-state index contributed by atoms with van der Waals surface area (Å²) >= 11 is 3.50. The van der Waals surface area contributed by atoms with Crippen LogP contribution in [0.3, 0.4) is 0 Å². The highest BCUT2D eigenvalue weighted by molar-refractivity contribution is 9.10. The summed E-state index contributed by atoms with van der Waals surface area (Å²) in [4.78, 5) is 2.10. The Kier molecular flexibility index (Phi) is 4.13. The van der Waals surface area contributed by atoms with Crippen LogP contribution in [0, 0.1) is 0 Å². The Morgan fingerprint density at radius 2 is 1.81 bits per heavy atom. The van der Waals surface area contributed by atoms with Crippen LogP contribution in [0.5, 0.6) is 11.5 Å². The predicted molar refractivity (Wildman–Crippen MR) is 107 cm³/mol. The smallest absolute Gasteiger partial charge is 0.275 e. The third-order valence-corrected chi connectivity index (χ3v) is 6.18. The minimum atomic E-state index is -1.11. The quantitative estimate of drug-likeness (QED) is 0.736. The van der Waals surface area contributed by atoms with Crippen molar-refractivity contribution >= 4 is 27.5 Å². The minimum absolute atomic E-state index is 0.248. The Morgan fingerprint density at radius 3 is 2.67 bits per heavy atom. The summed E-state index contributed by atoms with van der Waals surface area (Å²) in [7, 11) is 0. The van der Waals surface area contributed by atoms with Crippen LogP contribution in [0.4, 0.5) is 5.69 Å². The third-order valence-electron chi connectivity index (χ3n) is 5.65. The fraction of sp³-hybridized carbons (Fsp3) is 0.381. The second-order valence-electron chi connectivity index (χ2n) is 7.34. The molecular weight excluding hydrogens is 408 g/mol. The number of ether oxygens (including phenoxy) is 2. The number of hydrogen-bond acceptors (Lipinski definition) is 4. The van der Waals surface area contributed by atoms with Crippen LogP contribution in [-0.4, -0.2) is 35.4 Å². The number of amidine groups is 1. The maximum Gasteiger partial charge on any atom is 0.275 e. The molecule has 27 heavy (non-hydrogen) atoms. The Balaban J connectivity index is 1.63. The molecule has 0 saturated heterocycles. The molecule has 0 bridgehead atoms. The molecule has 0 amide bonds. The highest BCUT2D eigenvalue weighted by Crippen LogP contribution is 2.42. The van der Waals surface area contributed by atoms with Gasteiger partial charge in [-0.15, -0.1) is 0 Å². The Labute approximate surface area is 167 Å². The number of nitrogens with zero attached hydrogens (tertiary/aromatic N) is 2. The van der Waals surface area contributed by atoms with E-state index in [1.165, 1.54) is 12.3 Å². The molecule has 5 nitrogen and oxygen atoms in total. The van der Waals surface area contributed by atoms with E-state index in [0.717, 1.165) is 53.0 Å². The van der Waals surface area contributed by atoms with E-state index in [0.29, 0.717) is 6.54 Å². The highest BCUT2D eigenvalue weighted by Gasteiger charge is 2.54. The topological polar surface area (TPSA) is 44.9 Å². The van der Waals surface area contributed by atoms with E-state index in [9.17, 15) is 5.11 Å². The molecule has 3 aliphatic rings. The second kappa shape index (κ2) is 6.53. The van der Waals surface area contributed by atoms with Crippen molar-refractivity contribution in [2.75, 3.05) is 24.8 Å². The first kappa shape index (κ1) is 17.1. The van der Waals surface area contributed by atoms with Crippen LogP contribution in [0.25, 0.3) is 0 Å². The molecule has 6 heteroatoms. The first-order valence-electron chi connectivity index (χ1n) is 9.44. The van der Waals surface area contributed by atoms with Crippen LogP contribution < -0.4 is 14.4 Å². The minimum Gasteiger partial charge on any atom is -0.454 e. The van der Waals surface area contributed by atoms with Crippen molar-refractivity contribution in [1.29, 1.82) is 0 Å². The van der Waals surface area contributed by atoms with Crippen LogP contribution in [0.15, 0.2) is 46.9 Å². The zero-order valence-electron chi connectivity index (χ0n) is 15.0. The average molecular weight is 430 g/mol. The van der Waals surface area contributed by atoms with Crippen molar-refractivity contribution in [1.82, 2.24) is 0 Å². The SMILES string of the molecule is O[C@]1(c2ccc(Br)cc2)C[N+]2=C(CCCCC2)N1c1ccc2c(c1)OCO2. The number of aliphatic hydroxyl groups is 1. The molecule has 3 aliphatic heterocycles. The van der Waals surface area contributed by atoms with Gasteiger partial charge in [-0.25, -0.2) is 0 Å². The van der Waals surface area contributed by atoms with Crippen LogP contribution in [0.1, 0.15) is 31.2 Å². The van der Waals surface area contributed by atoms with E-state index >= 15 is 0 Å². The summed E-state index contributed by atoms with van der Waals surface area (Å²) < 4.78 is 14.4. The van der Waals surface area contributed by atoms with Gasteiger partial charge in [-0.1, -0.05) is 28.1 Å². The zero-order valence-corrected chi connectivity index (χ0v) is 16.6. The van der Waals surface area contributed by atoms with Gasteiger partial charge in [-0.05, 0) is 43.5 Å². The number of benzene rings is 2. The Hall–Kier alpha value is -2.05. The number of hydrogen-bond donors (Lipinski definition) is 1. The third kappa shape index (κ3) is 2.82. The molecule has 0 spiro atoms. The van der Waals surface area contributed by atoms with Crippen LogP contribution in [0.2, 0.25) is 0 Å². The number of fused-ring (bicyclic) bond motifs is 1. The lowest BCUT2D eigenvalue weighted by molar-refractivity contribution is -0.534. The molecule has 0 saturated carbocycles. The largest absolute Gasteiger partial charge is 0.454 e. The summed E-state index contributed by atoms with van der Waals surface area (Å²) in [6.45, 7) is 1.80. The first-order chi connectivity index (χ1) is 13.1. The van der Waals surface area contributed by atoms with Gasteiger partial charge >= 0.3 is 0 Å². The van der Waals surface area contributed by atoms with Crippen LogP contribution >= 0.6 is 15.9 Å². The molecule has 0 fully saturated rings. The summed E-state index contributed by atoms with van der Waals surface area (Å²) in [5.74, 6) is 2.68. The van der Waals surface area contributed by atoms with Gasteiger partial charge in [-0.2, -0.15) is 4.90 Å². The molecule has 5 rings (SSSR count). The molecule has 140 valence electrons. The maximum absolute atomic E-state index is 11.9. The van der Waals surface area contributed by atoms with Crippen molar-refractivity contribution in [3.8, 4) is 11.5 Å². The van der Waals surface area contributed by atoms with E-state index in [2.05, 4.69) is 25.4 Å². The van der Waals surface area contributed by atoms with Gasteiger partial charge < -0.3 is 14.6 Å². The van der Waals surface area contributed by atoms with Crippen molar-refractivity contribution in [3.05, 3.63) is 52.5 Å². The highest BCUT2D eigenvalue weighted by atomic mass is 79.9. The number of anilines is 1. The van der Waals surface area contributed by atoms with Gasteiger partial charge in [0.05, 0.1) is 6.54 Å². The summed E-state index contributed by atoms with van der Waals surface area (Å²) in [6.07, 6.45) is 4.50. The molecule has 2 aromatic carbocycles. The fourth-order valence-electron chi connectivity index (χ4n) is 4.35. The first-order valence-corrected chi connectivity index (χ1v) is 10.2. The van der Waals surface area contributed by atoms with Crippen molar-refractivity contribution in [3.63, 3.8) is 0 Å². The van der Waals surface area contributed by atoms with E-state index < -0.39 is 5.72 Å². The van der Waals surface area contributed by atoms with Gasteiger partial charge in [0.25, 0.3) is 11.6 Å². The van der Waals surface area contributed by atoms with Crippen molar-refractivity contribution in [2.45, 2.75) is 31.4 Å². The second-order valence-corrected chi connectivity index (χ2v) is 8.26. The summed E-state index contributed by atoms with van der Waals surface area (Å²) in [5.41, 5.74) is 0.717. The molecule has 0 aliphatic carbocycles. The van der Waals surface area contributed by atoms with Gasteiger partial charge in [0.15, 0.2) is 18.0 Å². The van der Waals surface area contributed by atoms with Gasteiger partial charge in [0, 0.05) is 22.5 Å². The molecule has 0 radical (unpaired) electrons. The molecular formula is C21H22BrN2O3+. The van der Waals surface area contributed by atoms with Crippen molar-refractivity contribution in [2.24, 2.45) is 0 Å². The van der Waals surface area contributed by atoms with Gasteiger partial charge in [0.2, 0.25) is 6.79 Å². The van der Waals surface area contributed by atoms with Crippen molar-refractivity contribution < 1.29 is 19.2 Å². The lowest BCUT2D eigenvalue weighted by atomic mass is 10.00. The van der Waals surface area contributed by atoms with Crippen LogP contribution in [-0.2, 0) is 5.72 Å². The monoisotopic (exact) mass is 429 g/mol. The summed E-state index contributed by atoms with van der Waals surface area (Å²) in [5, 5.41) is 11.9. The van der Waals surface area contributed by atoms with Gasteiger partial charge in [0.1, 0.15) is 5.69 Å². The molecule has 1 atom stereocenters. The predicted octanol–water partition coefficient (Wildman–Crippen LogP) is 3.83. The molecule has 0 aromatic heterocycles.